The summed E-state index contributed by atoms with van der Waals surface area (Å²) in [6.07, 6.45) is 19.7. The second-order valence-electron chi connectivity index (χ2n) is 18.1. The van der Waals surface area contributed by atoms with E-state index in [9.17, 15) is 0 Å². The van der Waals surface area contributed by atoms with Gasteiger partial charge in [-0.25, -0.2) is 0 Å². The zero-order valence-electron chi connectivity index (χ0n) is 38.1. The van der Waals surface area contributed by atoms with Gasteiger partial charge in [0.25, 0.3) is 0 Å². The minimum absolute atomic E-state index is 0.122. The molecule has 2 aliphatic rings. The summed E-state index contributed by atoms with van der Waals surface area (Å²) in [5, 5.41) is 0. The molecule has 0 amide bonds. The van der Waals surface area contributed by atoms with Crippen LogP contribution in [0.1, 0.15) is 80.8 Å². The number of fused-ring (bicyclic) bond motifs is 1. The molecular weight excluding hydrogens is 773 g/mol. The Morgan fingerprint density at radius 1 is 0.578 bits per heavy atom. The zero-order valence-corrected chi connectivity index (χ0v) is 38.1. The molecule has 7 aromatic carbocycles. The first-order chi connectivity index (χ1) is 31.1. The van der Waals surface area contributed by atoms with Gasteiger partial charge in [0.15, 0.2) is 0 Å². The van der Waals surface area contributed by atoms with Gasteiger partial charge in [-0.05, 0) is 155 Å². The smallest absolute Gasteiger partial charge is 0.0468 e. The van der Waals surface area contributed by atoms with Crippen LogP contribution in [-0.2, 0) is 10.8 Å². The van der Waals surface area contributed by atoms with Gasteiger partial charge in [-0.3, -0.25) is 0 Å². The largest absolute Gasteiger partial charge is 0.310 e. The third-order valence-corrected chi connectivity index (χ3v) is 13.3. The average Bonchev–Trinajstić information content (AvgIpc) is 3.59. The maximum atomic E-state index is 2.42. The van der Waals surface area contributed by atoms with Gasteiger partial charge in [-0.1, -0.05) is 173 Å². The van der Waals surface area contributed by atoms with E-state index < -0.39 is 0 Å². The van der Waals surface area contributed by atoms with Crippen molar-refractivity contribution < 1.29 is 0 Å². The molecular formula is C62H58N2. The number of allylic oxidation sites excluding steroid dienone is 9. The van der Waals surface area contributed by atoms with Gasteiger partial charge in [-0.15, -0.1) is 0 Å². The van der Waals surface area contributed by atoms with Crippen LogP contribution in [0.4, 0.5) is 34.1 Å². The third kappa shape index (κ3) is 8.25. The highest BCUT2D eigenvalue weighted by Gasteiger charge is 2.33. The molecule has 0 saturated carbocycles. The van der Waals surface area contributed by atoms with Crippen molar-refractivity contribution in [1.29, 1.82) is 0 Å². The van der Waals surface area contributed by atoms with E-state index in [1.807, 2.05) is 0 Å². The molecule has 0 radical (unpaired) electrons. The fourth-order valence-corrected chi connectivity index (χ4v) is 9.67. The topological polar surface area (TPSA) is 6.48 Å². The monoisotopic (exact) mass is 830 g/mol. The highest BCUT2D eigenvalue weighted by molar-refractivity contribution is 5.89. The number of rotatable bonds is 12. The molecule has 7 aromatic rings. The molecule has 316 valence electrons. The van der Waals surface area contributed by atoms with Crippen LogP contribution >= 0.6 is 0 Å². The lowest BCUT2D eigenvalue weighted by molar-refractivity contribution is 0.636. The number of benzene rings is 7. The lowest BCUT2D eigenvalue weighted by Gasteiger charge is -2.31. The van der Waals surface area contributed by atoms with Gasteiger partial charge in [0.05, 0.1) is 0 Å². The van der Waals surface area contributed by atoms with Crippen molar-refractivity contribution in [2.24, 2.45) is 0 Å². The number of hydrogen-bond donors (Lipinski definition) is 0. The Labute approximate surface area is 381 Å². The molecule has 0 spiro atoms. The maximum Gasteiger partial charge on any atom is 0.0468 e. The van der Waals surface area contributed by atoms with Crippen molar-refractivity contribution in [1.82, 2.24) is 0 Å². The summed E-state index contributed by atoms with van der Waals surface area (Å²) in [5.41, 5.74) is 19.4. The van der Waals surface area contributed by atoms with Crippen molar-refractivity contribution in [3.63, 3.8) is 0 Å². The lowest BCUT2D eigenvalue weighted by Crippen LogP contribution is -2.21. The third-order valence-electron chi connectivity index (χ3n) is 13.3. The van der Waals surface area contributed by atoms with E-state index in [1.165, 1.54) is 55.7 Å². The molecule has 2 nitrogen and oxygen atoms in total. The molecule has 2 heteroatoms. The predicted octanol–water partition coefficient (Wildman–Crippen LogP) is 17.5. The summed E-state index contributed by atoms with van der Waals surface area (Å²) < 4.78 is 0. The number of nitrogens with zero attached hydrogens (tertiary/aromatic N) is 2. The van der Waals surface area contributed by atoms with Gasteiger partial charge in [0.1, 0.15) is 0 Å². The molecule has 0 heterocycles. The van der Waals surface area contributed by atoms with Crippen molar-refractivity contribution in [3.8, 4) is 11.1 Å². The molecule has 0 saturated heterocycles. The van der Waals surface area contributed by atoms with E-state index in [2.05, 4.69) is 270 Å². The summed E-state index contributed by atoms with van der Waals surface area (Å²) in [7, 11) is 0. The second-order valence-corrected chi connectivity index (χ2v) is 18.1. The van der Waals surface area contributed by atoms with Crippen molar-refractivity contribution in [3.05, 3.63) is 251 Å². The molecule has 0 fully saturated rings. The van der Waals surface area contributed by atoms with Crippen molar-refractivity contribution >= 4 is 45.8 Å². The summed E-state index contributed by atoms with van der Waals surface area (Å²) in [6, 6.07) is 62.6. The Balaban J connectivity index is 1.12. The summed E-state index contributed by atoms with van der Waals surface area (Å²) in [6.45, 7) is 13.6. The van der Waals surface area contributed by atoms with Crippen LogP contribution in [0.5, 0.6) is 0 Å². The van der Waals surface area contributed by atoms with Crippen LogP contribution in [0.15, 0.2) is 218 Å². The Morgan fingerprint density at radius 2 is 1.16 bits per heavy atom. The van der Waals surface area contributed by atoms with Crippen LogP contribution in [0.3, 0.4) is 0 Å². The van der Waals surface area contributed by atoms with Gasteiger partial charge >= 0.3 is 0 Å². The normalized spacial score (nSPS) is 14.4. The number of anilines is 6. The molecule has 0 aliphatic heterocycles. The average molecular weight is 831 g/mol. The first-order valence-electron chi connectivity index (χ1n) is 22.8. The number of para-hydroxylation sites is 2. The first kappa shape index (κ1) is 42.2. The minimum Gasteiger partial charge on any atom is -0.310 e. The summed E-state index contributed by atoms with van der Waals surface area (Å²) in [4.78, 5) is 4.81. The van der Waals surface area contributed by atoms with Crippen molar-refractivity contribution in [2.75, 3.05) is 9.80 Å². The Morgan fingerprint density at radius 3 is 1.81 bits per heavy atom. The quantitative estimate of drug-likeness (QED) is 0.113. The van der Waals surface area contributed by atoms with Crippen molar-refractivity contribution in [2.45, 2.75) is 65.2 Å². The summed E-state index contributed by atoms with van der Waals surface area (Å²) >= 11 is 0. The molecule has 64 heavy (non-hydrogen) atoms. The predicted molar refractivity (Wildman–Crippen MR) is 276 cm³/mol. The van der Waals surface area contributed by atoms with E-state index in [1.54, 1.807) is 0 Å². The Hall–Kier alpha value is -7.16. The van der Waals surface area contributed by atoms with E-state index in [0.29, 0.717) is 0 Å². The molecule has 0 N–H and O–H groups in total. The maximum absolute atomic E-state index is 2.42. The van der Waals surface area contributed by atoms with E-state index in [4.69, 9.17) is 0 Å². The van der Waals surface area contributed by atoms with Crippen LogP contribution in [0.2, 0.25) is 0 Å². The van der Waals surface area contributed by atoms with E-state index in [-0.39, 0.29) is 10.8 Å². The minimum atomic E-state index is -0.170. The van der Waals surface area contributed by atoms with Crippen LogP contribution in [0, 0.1) is 6.92 Å². The fraction of sp³-hybridized carbons (Fsp3) is 0.161. The standard InChI is InChI=1S/C62H58N2/c1-7-8-13-26-50-41-48-34-38-56(44-60(48)62(50,5)6)64(52-29-20-12-21-30-52)54-39-40-57(58(42-54)46-22-14-9-15-23-46)47-32-36-53(37-33-47)63(51-27-18-11-19-28-51)55-35-31-45(2)59(43-55)61(3,4)49-24-16-10-17-25-49/h7-14,16-22,24-44H,15,23H2,1-6H3/b8-7-,26-13-. The molecule has 0 aromatic heterocycles. The first-order valence-corrected chi connectivity index (χ1v) is 22.8. The van der Waals surface area contributed by atoms with Crippen LogP contribution in [-0.4, -0.2) is 0 Å². The molecule has 0 atom stereocenters. The highest BCUT2D eigenvalue weighted by Crippen LogP contribution is 2.47. The van der Waals surface area contributed by atoms with Gasteiger partial charge in [-0.2, -0.15) is 0 Å². The van der Waals surface area contributed by atoms with Crippen LogP contribution in [0.25, 0.3) is 22.8 Å². The van der Waals surface area contributed by atoms with E-state index >= 15 is 0 Å². The molecule has 0 bridgehead atoms. The Kier molecular flexibility index (Phi) is 11.8. The lowest BCUT2D eigenvalue weighted by atomic mass is 9.76. The Bertz CT molecular complexity index is 2920. The van der Waals surface area contributed by atoms with Gasteiger partial charge < -0.3 is 9.80 Å². The fourth-order valence-electron chi connectivity index (χ4n) is 9.67. The highest BCUT2D eigenvalue weighted by atomic mass is 15.1. The summed E-state index contributed by atoms with van der Waals surface area (Å²) in [5.74, 6) is 0. The number of aryl methyl sites for hydroxylation is 1. The van der Waals surface area contributed by atoms with Crippen LogP contribution < -0.4 is 9.80 Å². The second kappa shape index (κ2) is 17.9. The van der Waals surface area contributed by atoms with Gasteiger partial charge in [0, 0.05) is 45.0 Å². The van der Waals surface area contributed by atoms with E-state index in [0.717, 1.165) is 47.0 Å². The van der Waals surface area contributed by atoms with Gasteiger partial charge in [0.2, 0.25) is 0 Å². The SMILES string of the molecule is C/C=C\C=C/C1=Cc2ccc(N(c3ccccc3)c3ccc(-c4ccc(N(c5ccccc5)c5ccc(C)c(C(C)(C)c6ccccc6)c5)cc4)c(C4=CC=CCC4)c3)cc2C1(C)C. The zero-order chi connectivity index (χ0) is 44.3. The molecule has 9 rings (SSSR count). The molecule has 0 unspecified atom stereocenters. The number of hydrogen-bond acceptors (Lipinski definition) is 2. The molecule has 2 aliphatic carbocycles.